The maximum absolute atomic E-state index is 13.5. The van der Waals surface area contributed by atoms with E-state index in [1.807, 2.05) is 0 Å². The van der Waals surface area contributed by atoms with Crippen LogP contribution in [0.3, 0.4) is 0 Å². The van der Waals surface area contributed by atoms with Gasteiger partial charge < -0.3 is 33.9 Å². The van der Waals surface area contributed by atoms with Crippen molar-refractivity contribution in [1.82, 2.24) is 0 Å². The number of fused-ring (bicyclic) bond motifs is 1. The lowest BCUT2D eigenvalue weighted by atomic mass is 9.47. The van der Waals surface area contributed by atoms with Gasteiger partial charge in [0.15, 0.2) is 6.10 Å². The Kier molecular flexibility index (Phi) is 8.89. The number of esters is 4. The predicted octanol–water partition coefficient (Wildman–Crippen LogP) is 4.30. The Morgan fingerprint density at radius 1 is 0.714 bits per heavy atom. The lowest BCUT2D eigenvalue weighted by Crippen LogP contribution is -2.81. The molecule has 0 aromatic heterocycles. The van der Waals surface area contributed by atoms with E-state index in [0.29, 0.717) is 0 Å². The van der Waals surface area contributed by atoms with Crippen molar-refractivity contribution >= 4 is 23.9 Å². The second kappa shape index (κ2) is 12.7. The van der Waals surface area contributed by atoms with E-state index < -0.39 is 83.0 Å². The van der Waals surface area contributed by atoms with E-state index in [2.05, 4.69) is 0 Å². The minimum absolute atomic E-state index is 0.202. The van der Waals surface area contributed by atoms with Gasteiger partial charge in [-0.05, 0) is 57.2 Å². The first-order chi connectivity index (χ1) is 23.2. The number of aliphatic hydroxyl groups excluding tert-OH is 1. The van der Waals surface area contributed by atoms with Gasteiger partial charge in [-0.1, -0.05) is 54.6 Å². The summed E-state index contributed by atoms with van der Waals surface area (Å²) in [5, 5.41) is 24.9. The molecule has 1 spiro atoms. The van der Waals surface area contributed by atoms with Gasteiger partial charge in [-0.3, -0.25) is 4.79 Å². The van der Waals surface area contributed by atoms with Crippen LogP contribution in [0.5, 0.6) is 0 Å². The van der Waals surface area contributed by atoms with Gasteiger partial charge in [0, 0.05) is 19.8 Å². The van der Waals surface area contributed by atoms with E-state index in [1.165, 1.54) is 13.8 Å². The van der Waals surface area contributed by atoms with Crippen LogP contribution in [0.25, 0.3) is 0 Å². The number of hydrogen-bond acceptors (Lipinski definition) is 11. The molecule has 6 rings (SSSR count). The standard InChI is InChI=1S/C38H40O11/c1-23(39)46-31-28(48-34(43)26-18-12-7-13-19-26)20-36(4,44)38-30(40)29(35(2,3)49-38)27(47-33(42)25-16-10-6-11-17-25)21-37(31,38)22-45-32(41)24-14-8-5-9-15-24/h5-19,27-31,40,44H,20-22H2,1-4H3/t27-,28-,29-,30+,31-,36-,37+,38+/m1/s1. The largest absolute Gasteiger partial charge is 0.461 e. The van der Waals surface area contributed by atoms with Gasteiger partial charge in [0.05, 0.1) is 45.3 Å². The second-order valence-corrected chi connectivity index (χ2v) is 13.8. The van der Waals surface area contributed by atoms with Crippen molar-refractivity contribution in [1.29, 1.82) is 0 Å². The normalized spacial score (nSPS) is 32.7. The number of ether oxygens (including phenoxy) is 5. The molecule has 49 heavy (non-hydrogen) atoms. The Labute approximate surface area is 284 Å². The molecule has 11 nitrogen and oxygen atoms in total. The zero-order valence-corrected chi connectivity index (χ0v) is 27.7. The Balaban J connectivity index is 1.50. The molecule has 258 valence electrons. The van der Waals surface area contributed by atoms with E-state index >= 15 is 0 Å². The first kappa shape index (κ1) is 34.3. The van der Waals surface area contributed by atoms with Crippen molar-refractivity contribution in [3.63, 3.8) is 0 Å². The second-order valence-electron chi connectivity index (χ2n) is 13.8. The number of rotatable bonds is 8. The highest BCUT2D eigenvalue weighted by atomic mass is 16.6. The van der Waals surface area contributed by atoms with Crippen molar-refractivity contribution in [3.05, 3.63) is 108 Å². The third-order valence-electron chi connectivity index (χ3n) is 10.3. The number of aliphatic hydroxyl groups is 2. The highest BCUT2D eigenvalue weighted by Crippen LogP contribution is 2.68. The molecule has 3 aliphatic rings. The van der Waals surface area contributed by atoms with Crippen molar-refractivity contribution in [2.45, 2.75) is 81.8 Å². The van der Waals surface area contributed by atoms with E-state index in [-0.39, 0.29) is 29.5 Å². The topological polar surface area (TPSA) is 155 Å². The SMILES string of the molecule is CC(=O)O[C@@H]1[C@H](OC(=O)c2ccccc2)C[C@@](C)(O)[C@]23OC(C)(C)[C@H]([C@H](OC(=O)c4ccccc4)C[C@]12COC(=O)c1ccccc1)[C@@H]3O. The monoisotopic (exact) mass is 672 g/mol. The summed E-state index contributed by atoms with van der Waals surface area (Å²) < 4.78 is 30.9. The van der Waals surface area contributed by atoms with Crippen LogP contribution in [0.2, 0.25) is 0 Å². The van der Waals surface area contributed by atoms with Crippen LogP contribution >= 0.6 is 0 Å². The summed E-state index contributed by atoms with van der Waals surface area (Å²) in [6, 6.07) is 24.7. The molecule has 3 aromatic carbocycles. The average molecular weight is 673 g/mol. The van der Waals surface area contributed by atoms with Crippen molar-refractivity contribution in [2.75, 3.05) is 6.61 Å². The Morgan fingerprint density at radius 2 is 1.18 bits per heavy atom. The van der Waals surface area contributed by atoms with Gasteiger partial charge in [-0.15, -0.1) is 0 Å². The minimum atomic E-state index is -1.97. The zero-order chi connectivity index (χ0) is 35.2. The molecule has 1 heterocycles. The molecule has 2 bridgehead atoms. The summed E-state index contributed by atoms with van der Waals surface area (Å²) in [4.78, 5) is 53.4. The van der Waals surface area contributed by atoms with Crippen LogP contribution in [0, 0.1) is 11.3 Å². The van der Waals surface area contributed by atoms with Crippen LogP contribution in [-0.4, -0.2) is 81.9 Å². The summed E-state index contributed by atoms with van der Waals surface area (Å²) in [5.41, 5.74) is -6.27. The first-order valence-electron chi connectivity index (χ1n) is 16.2. The molecule has 0 amide bonds. The fraction of sp³-hybridized carbons (Fsp3) is 0.421. The summed E-state index contributed by atoms with van der Waals surface area (Å²) in [5.74, 6) is -3.79. The first-order valence-corrected chi connectivity index (χ1v) is 16.2. The van der Waals surface area contributed by atoms with Crippen LogP contribution in [-0.2, 0) is 28.5 Å². The summed E-state index contributed by atoms with van der Waals surface area (Å²) in [6.45, 7) is 5.47. The Morgan fingerprint density at radius 3 is 1.67 bits per heavy atom. The fourth-order valence-corrected chi connectivity index (χ4v) is 8.41. The number of carbonyl (C=O) groups is 4. The average Bonchev–Trinajstić information content (AvgIpc) is 3.25. The third-order valence-corrected chi connectivity index (χ3v) is 10.3. The lowest BCUT2D eigenvalue weighted by Gasteiger charge is -2.64. The molecule has 3 aromatic rings. The fourth-order valence-electron chi connectivity index (χ4n) is 8.41. The maximum Gasteiger partial charge on any atom is 0.338 e. The molecule has 2 saturated carbocycles. The molecule has 2 aliphatic carbocycles. The van der Waals surface area contributed by atoms with E-state index in [1.54, 1.807) is 105 Å². The van der Waals surface area contributed by atoms with Crippen LogP contribution in [0.1, 0.15) is 71.6 Å². The van der Waals surface area contributed by atoms with Crippen LogP contribution < -0.4 is 0 Å². The van der Waals surface area contributed by atoms with Crippen molar-refractivity contribution in [3.8, 4) is 0 Å². The van der Waals surface area contributed by atoms with E-state index in [4.69, 9.17) is 23.7 Å². The van der Waals surface area contributed by atoms with Crippen molar-refractivity contribution < 1.29 is 53.1 Å². The van der Waals surface area contributed by atoms with Gasteiger partial charge in [0.2, 0.25) is 0 Å². The van der Waals surface area contributed by atoms with E-state index in [0.717, 1.165) is 0 Å². The molecule has 3 fully saturated rings. The van der Waals surface area contributed by atoms with Crippen molar-refractivity contribution in [2.24, 2.45) is 11.3 Å². The zero-order valence-electron chi connectivity index (χ0n) is 27.7. The highest BCUT2D eigenvalue weighted by molar-refractivity contribution is 5.90. The third kappa shape index (κ3) is 5.79. The molecule has 0 unspecified atom stereocenters. The Bertz CT molecular complexity index is 1710. The van der Waals surface area contributed by atoms with Gasteiger partial charge in [-0.25, -0.2) is 14.4 Å². The summed E-state index contributed by atoms with van der Waals surface area (Å²) in [7, 11) is 0. The maximum atomic E-state index is 13.5. The molecule has 8 atom stereocenters. The predicted molar refractivity (Wildman–Crippen MR) is 173 cm³/mol. The molecular weight excluding hydrogens is 632 g/mol. The number of benzene rings is 3. The molecule has 11 heteroatoms. The van der Waals surface area contributed by atoms with Gasteiger partial charge in [0.25, 0.3) is 0 Å². The quantitative estimate of drug-likeness (QED) is 0.260. The van der Waals surface area contributed by atoms with Gasteiger partial charge >= 0.3 is 23.9 Å². The van der Waals surface area contributed by atoms with E-state index in [9.17, 15) is 29.4 Å². The molecule has 1 saturated heterocycles. The minimum Gasteiger partial charge on any atom is -0.461 e. The van der Waals surface area contributed by atoms with Crippen LogP contribution in [0.15, 0.2) is 91.0 Å². The van der Waals surface area contributed by atoms with Gasteiger partial charge in [0.1, 0.15) is 24.4 Å². The summed E-state index contributed by atoms with van der Waals surface area (Å²) >= 11 is 0. The molecule has 2 N–H and O–H groups in total. The smallest absolute Gasteiger partial charge is 0.338 e. The number of hydrogen-bond donors (Lipinski definition) is 2. The lowest BCUT2D eigenvalue weighted by molar-refractivity contribution is -0.340. The molecular formula is C38H40O11. The Hall–Kier alpha value is -4.58. The summed E-state index contributed by atoms with van der Waals surface area (Å²) in [6.07, 6.45) is -5.89. The van der Waals surface area contributed by atoms with Gasteiger partial charge in [-0.2, -0.15) is 0 Å². The highest BCUT2D eigenvalue weighted by Gasteiger charge is 2.84. The molecule has 1 aliphatic heterocycles. The number of carbonyl (C=O) groups excluding carboxylic acids is 4. The van der Waals surface area contributed by atoms with Crippen LogP contribution in [0.4, 0.5) is 0 Å². The molecule has 0 radical (unpaired) electrons.